The monoisotopic (exact) mass is 347 g/mol. The number of nitrogens with one attached hydrogen (secondary N) is 1. The predicted molar refractivity (Wildman–Crippen MR) is 94.4 cm³/mol. The van der Waals surface area contributed by atoms with Crippen LogP contribution in [0.1, 0.15) is 20.8 Å². The summed E-state index contributed by atoms with van der Waals surface area (Å²) in [6.07, 6.45) is 1.69. The number of carbonyl (C=O) groups is 2. The highest BCUT2D eigenvalue weighted by atomic mass is 32.1. The second-order valence-corrected chi connectivity index (χ2v) is 6.64. The summed E-state index contributed by atoms with van der Waals surface area (Å²) in [6, 6.07) is 7.28. The molecule has 2 amide bonds. The van der Waals surface area contributed by atoms with Gasteiger partial charge in [0.15, 0.2) is 5.13 Å². The highest BCUT2D eigenvalue weighted by Gasteiger charge is 2.19. The number of carbonyl (C=O) groups excluding carboxylic acids is 2. The van der Waals surface area contributed by atoms with Crippen molar-refractivity contribution >= 4 is 28.3 Å². The molecule has 1 aromatic carbocycles. The van der Waals surface area contributed by atoms with Crippen molar-refractivity contribution in [1.29, 1.82) is 0 Å². The number of thiazole rings is 1. The van der Waals surface area contributed by atoms with Crippen LogP contribution in [0.3, 0.4) is 0 Å². The summed E-state index contributed by atoms with van der Waals surface area (Å²) in [6.45, 7) is 4.53. The standard InChI is InChI=1S/C17H21N3O3S/c1-12-4-6-14(7-5-12)16(22)20(8-9-23-3)11-15(21)19-17-18-10-13(2)24-17/h4-7,10H,8-9,11H2,1-3H3,(H,18,19,21). The van der Waals surface area contributed by atoms with Crippen molar-refractivity contribution in [3.63, 3.8) is 0 Å². The van der Waals surface area contributed by atoms with Crippen LogP contribution in [-0.2, 0) is 9.53 Å². The molecular formula is C17H21N3O3S. The highest BCUT2D eigenvalue weighted by molar-refractivity contribution is 7.15. The van der Waals surface area contributed by atoms with Gasteiger partial charge in [-0.2, -0.15) is 0 Å². The van der Waals surface area contributed by atoms with Crippen LogP contribution in [0.4, 0.5) is 5.13 Å². The number of methoxy groups -OCH3 is 1. The summed E-state index contributed by atoms with van der Waals surface area (Å²) < 4.78 is 5.04. The Labute approximate surface area is 145 Å². The molecule has 0 radical (unpaired) electrons. The lowest BCUT2D eigenvalue weighted by atomic mass is 10.1. The van der Waals surface area contributed by atoms with Crippen LogP contribution < -0.4 is 5.32 Å². The van der Waals surface area contributed by atoms with Gasteiger partial charge in [0.1, 0.15) is 6.54 Å². The summed E-state index contributed by atoms with van der Waals surface area (Å²) >= 11 is 1.40. The van der Waals surface area contributed by atoms with E-state index in [2.05, 4.69) is 10.3 Å². The van der Waals surface area contributed by atoms with E-state index >= 15 is 0 Å². The Morgan fingerprint density at radius 3 is 2.54 bits per heavy atom. The van der Waals surface area contributed by atoms with E-state index in [9.17, 15) is 9.59 Å². The maximum Gasteiger partial charge on any atom is 0.254 e. The first-order valence-electron chi connectivity index (χ1n) is 7.56. The highest BCUT2D eigenvalue weighted by Crippen LogP contribution is 2.16. The molecule has 1 aromatic heterocycles. The Hall–Kier alpha value is -2.25. The number of hydrogen-bond donors (Lipinski definition) is 1. The Bertz CT molecular complexity index is 697. The lowest BCUT2D eigenvalue weighted by Gasteiger charge is -2.21. The van der Waals surface area contributed by atoms with Gasteiger partial charge in [0.25, 0.3) is 5.91 Å². The number of anilines is 1. The second kappa shape index (κ2) is 8.56. The molecule has 0 spiro atoms. The van der Waals surface area contributed by atoms with Crippen LogP contribution in [0.2, 0.25) is 0 Å². The molecule has 0 atom stereocenters. The molecular weight excluding hydrogens is 326 g/mol. The molecule has 0 saturated heterocycles. The average Bonchev–Trinajstić information content (AvgIpc) is 2.96. The Morgan fingerprint density at radius 1 is 1.25 bits per heavy atom. The van der Waals surface area contributed by atoms with E-state index in [1.54, 1.807) is 25.4 Å². The number of ether oxygens (including phenoxy) is 1. The molecule has 0 aliphatic rings. The Morgan fingerprint density at radius 2 is 1.96 bits per heavy atom. The maximum absolute atomic E-state index is 12.6. The van der Waals surface area contributed by atoms with Gasteiger partial charge in [-0.25, -0.2) is 4.98 Å². The molecule has 128 valence electrons. The number of benzene rings is 1. The van der Waals surface area contributed by atoms with Gasteiger partial charge in [-0.15, -0.1) is 11.3 Å². The van der Waals surface area contributed by atoms with E-state index in [1.807, 2.05) is 26.0 Å². The number of aryl methyl sites for hydroxylation is 2. The van der Waals surface area contributed by atoms with Gasteiger partial charge in [0.05, 0.1) is 6.61 Å². The first kappa shape index (κ1) is 18.1. The van der Waals surface area contributed by atoms with E-state index < -0.39 is 0 Å². The predicted octanol–water partition coefficient (Wildman–Crippen LogP) is 2.49. The number of nitrogens with zero attached hydrogens (tertiary/aromatic N) is 2. The topological polar surface area (TPSA) is 71.5 Å². The number of aromatic nitrogens is 1. The van der Waals surface area contributed by atoms with Gasteiger partial charge in [-0.05, 0) is 26.0 Å². The molecule has 0 unspecified atom stereocenters. The molecule has 1 N–H and O–H groups in total. The normalized spacial score (nSPS) is 10.5. The summed E-state index contributed by atoms with van der Waals surface area (Å²) in [5.41, 5.74) is 1.63. The second-order valence-electron chi connectivity index (χ2n) is 5.41. The van der Waals surface area contributed by atoms with Crippen LogP contribution in [-0.4, -0.2) is 48.5 Å². The van der Waals surface area contributed by atoms with Crippen LogP contribution >= 0.6 is 11.3 Å². The minimum absolute atomic E-state index is 0.0469. The van der Waals surface area contributed by atoms with Crippen LogP contribution in [0.25, 0.3) is 0 Å². The van der Waals surface area contributed by atoms with E-state index in [0.29, 0.717) is 23.8 Å². The molecule has 0 aliphatic carbocycles. The molecule has 0 fully saturated rings. The van der Waals surface area contributed by atoms with Crippen molar-refractivity contribution in [3.05, 3.63) is 46.5 Å². The van der Waals surface area contributed by atoms with Crippen molar-refractivity contribution in [2.45, 2.75) is 13.8 Å². The first-order chi connectivity index (χ1) is 11.5. The zero-order valence-corrected chi connectivity index (χ0v) is 14.9. The van der Waals surface area contributed by atoms with E-state index in [0.717, 1.165) is 10.4 Å². The minimum atomic E-state index is -0.277. The van der Waals surface area contributed by atoms with E-state index in [-0.39, 0.29) is 18.4 Å². The fourth-order valence-corrected chi connectivity index (χ4v) is 2.76. The van der Waals surface area contributed by atoms with Crippen LogP contribution in [0.15, 0.2) is 30.5 Å². The van der Waals surface area contributed by atoms with Crippen molar-refractivity contribution < 1.29 is 14.3 Å². The minimum Gasteiger partial charge on any atom is -0.383 e. The molecule has 2 aromatic rings. The van der Waals surface area contributed by atoms with Crippen molar-refractivity contribution in [2.24, 2.45) is 0 Å². The van der Waals surface area contributed by atoms with E-state index in [4.69, 9.17) is 4.74 Å². The smallest absolute Gasteiger partial charge is 0.254 e. The number of amides is 2. The quantitative estimate of drug-likeness (QED) is 0.835. The largest absolute Gasteiger partial charge is 0.383 e. The average molecular weight is 347 g/mol. The fourth-order valence-electron chi connectivity index (χ4n) is 2.08. The van der Waals surface area contributed by atoms with Gasteiger partial charge in [0, 0.05) is 30.3 Å². The molecule has 0 aliphatic heterocycles. The molecule has 2 rings (SSSR count). The first-order valence-corrected chi connectivity index (χ1v) is 8.38. The molecule has 24 heavy (non-hydrogen) atoms. The van der Waals surface area contributed by atoms with E-state index in [1.165, 1.54) is 16.2 Å². The summed E-state index contributed by atoms with van der Waals surface area (Å²) in [5.74, 6) is -0.474. The van der Waals surface area contributed by atoms with Gasteiger partial charge < -0.3 is 15.0 Å². The number of hydrogen-bond acceptors (Lipinski definition) is 5. The summed E-state index contributed by atoms with van der Waals surface area (Å²) in [7, 11) is 1.56. The third kappa shape index (κ3) is 5.14. The molecule has 6 nitrogen and oxygen atoms in total. The SMILES string of the molecule is COCCN(CC(=O)Nc1ncc(C)s1)C(=O)c1ccc(C)cc1. The van der Waals surface area contributed by atoms with Crippen LogP contribution in [0.5, 0.6) is 0 Å². The summed E-state index contributed by atoms with van der Waals surface area (Å²) in [4.78, 5) is 31.4. The fraction of sp³-hybridized carbons (Fsp3) is 0.353. The lowest BCUT2D eigenvalue weighted by Crippen LogP contribution is -2.40. The van der Waals surface area contributed by atoms with Gasteiger partial charge in [-0.1, -0.05) is 17.7 Å². The van der Waals surface area contributed by atoms with Crippen molar-refractivity contribution in [2.75, 3.05) is 32.1 Å². The maximum atomic E-state index is 12.6. The van der Waals surface area contributed by atoms with Gasteiger partial charge in [0.2, 0.25) is 5.91 Å². The zero-order valence-electron chi connectivity index (χ0n) is 14.0. The summed E-state index contributed by atoms with van der Waals surface area (Å²) in [5, 5.41) is 3.25. The lowest BCUT2D eigenvalue weighted by molar-refractivity contribution is -0.117. The van der Waals surface area contributed by atoms with Crippen molar-refractivity contribution in [1.82, 2.24) is 9.88 Å². The molecule has 1 heterocycles. The zero-order chi connectivity index (χ0) is 17.5. The third-order valence-electron chi connectivity index (χ3n) is 3.35. The number of rotatable bonds is 7. The van der Waals surface area contributed by atoms with Gasteiger partial charge >= 0.3 is 0 Å². The third-order valence-corrected chi connectivity index (χ3v) is 4.18. The molecule has 7 heteroatoms. The molecule has 0 bridgehead atoms. The Kier molecular flexibility index (Phi) is 6.45. The molecule has 0 saturated carbocycles. The Balaban J connectivity index is 2.05. The van der Waals surface area contributed by atoms with Crippen LogP contribution in [0, 0.1) is 13.8 Å². The van der Waals surface area contributed by atoms with Gasteiger partial charge in [-0.3, -0.25) is 9.59 Å². The van der Waals surface area contributed by atoms with Crippen molar-refractivity contribution in [3.8, 4) is 0 Å².